The maximum absolute atomic E-state index is 12.1. The highest BCUT2D eigenvalue weighted by atomic mass is 35.5. The molecule has 0 fully saturated rings. The second-order valence-electron chi connectivity index (χ2n) is 5.24. The molecule has 0 atom stereocenters. The van der Waals surface area contributed by atoms with Gasteiger partial charge in [0.25, 0.3) is 0 Å². The molecular weight excluding hydrogens is 342 g/mol. The Morgan fingerprint density at radius 1 is 1.20 bits per heavy atom. The smallest absolute Gasteiger partial charge is 0.248 e. The zero-order valence-electron chi connectivity index (χ0n) is 14.3. The number of nitrogens with one attached hydrogen (secondary N) is 1. The number of halogens is 1. The summed E-state index contributed by atoms with van der Waals surface area (Å²) in [6.45, 7) is 2.06. The van der Waals surface area contributed by atoms with E-state index in [4.69, 9.17) is 25.8 Å². The van der Waals surface area contributed by atoms with Crippen LogP contribution in [0.15, 0.2) is 42.5 Å². The van der Waals surface area contributed by atoms with Crippen molar-refractivity contribution < 1.29 is 19.0 Å². The number of carbonyl (C=O) groups excluding carboxylic acids is 1. The van der Waals surface area contributed by atoms with Crippen LogP contribution in [-0.2, 0) is 9.53 Å². The number of hydrogen-bond donors (Lipinski definition) is 1. The van der Waals surface area contributed by atoms with Gasteiger partial charge >= 0.3 is 0 Å². The van der Waals surface area contributed by atoms with Crippen LogP contribution in [0.2, 0.25) is 5.02 Å². The fourth-order valence-corrected chi connectivity index (χ4v) is 2.23. The summed E-state index contributed by atoms with van der Waals surface area (Å²) >= 11 is 6.06. The van der Waals surface area contributed by atoms with Crippen molar-refractivity contribution >= 4 is 29.3 Å². The van der Waals surface area contributed by atoms with Crippen LogP contribution in [0.1, 0.15) is 11.1 Å². The summed E-state index contributed by atoms with van der Waals surface area (Å²) in [7, 11) is 3.09. The molecule has 0 saturated carbocycles. The zero-order valence-corrected chi connectivity index (χ0v) is 15.1. The Bertz CT molecular complexity index is 757. The van der Waals surface area contributed by atoms with Crippen molar-refractivity contribution in [3.63, 3.8) is 0 Å². The van der Waals surface area contributed by atoms with Gasteiger partial charge in [-0.1, -0.05) is 23.7 Å². The maximum Gasteiger partial charge on any atom is 0.248 e. The molecule has 0 unspecified atom stereocenters. The minimum atomic E-state index is -0.264. The van der Waals surface area contributed by atoms with Gasteiger partial charge in [-0.3, -0.25) is 4.79 Å². The first-order valence-electron chi connectivity index (χ1n) is 7.58. The van der Waals surface area contributed by atoms with E-state index in [0.29, 0.717) is 22.2 Å². The number of anilines is 1. The SMILES string of the molecule is COCOc1ccc(/C=C/C(=O)Nc2cc(C)c(Cl)cc2OC)cc1. The summed E-state index contributed by atoms with van der Waals surface area (Å²) in [6, 6.07) is 10.8. The Morgan fingerprint density at radius 3 is 2.56 bits per heavy atom. The summed E-state index contributed by atoms with van der Waals surface area (Å²) in [5, 5.41) is 3.37. The van der Waals surface area contributed by atoms with Gasteiger partial charge in [0, 0.05) is 24.3 Å². The number of carbonyl (C=O) groups is 1. The predicted octanol–water partition coefficient (Wildman–Crippen LogP) is 4.29. The van der Waals surface area contributed by atoms with Gasteiger partial charge in [-0.15, -0.1) is 0 Å². The quantitative estimate of drug-likeness (QED) is 0.590. The predicted molar refractivity (Wildman–Crippen MR) is 99.4 cm³/mol. The van der Waals surface area contributed by atoms with Crippen LogP contribution in [0.3, 0.4) is 0 Å². The van der Waals surface area contributed by atoms with Crippen molar-refractivity contribution in [2.75, 3.05) is 26.3 Å². The molecule has 1 N–H and O–H groups in total. The molecule has 0 radical (unpaired) electrons. The molecule has 132 valence electrons. The average molecular weight is 362 g/mol. The van der Waals surface area contributed by atoms with Gasteiger partial charge in [-0.25, -0.2) is 0 Å². The Balaban J connectivity index is 2.02. The Hall–Kier alpha value is -2.50. The number of amides is 1. The topological polar surface area (TPSA) is 56.8 Å². The molecular formula is C19H20ClNO4. The molecule has 2 aromatic carbocycles. The van der Waals surface area contributed by atoms with Crippen LogP contribution in [0.5, 0.6) is 11.5 Å². The van der Waals surface area contributed by atoms with Gasteiger partial charge in [0.1, 0.15) is 11.5 Å². The molecule has 1 amide bonds. The van der Waals surface area contributed by atoms with E-state index in [-0.39, 0.29) is 12.7 Å². The third-order valence-electron chi connectivity index (χ3n) is 3.39. The minimum Gasteiger partial charge on any atom is -0.495 e. The van der Waals surface area contributed by atoms with Gasteiger partial charge in [-0.2, -0.15) is 0 Å². The summed E-state index contributed by atoms with van der Waals surface area (Å²) < 4.78 is 15.4. The molecule has 0 aliphatic rings. The van der Waals surface area contributed by atoms with Gasteiger partial charge in [0.05, 0.1) is 12.8 Å². The van der Waals surface area contributed by atoms with E-state index in [1.807, 2.05) is 31.2 Å². The van der Waals surface area contributed by atoms with Crippen LogP contribution >= 0.6 is 11.6 Å². The largest absolute Gasteiger partial charge is 0.495 e. The monoisotopic (exact) mass is 361 g/mol. The lowest BCUT2D eigenvalue weighted by molar-refractivity contribution is -0.111. The molecule has 0 heterocycles. The summed E-state index contributed by atoms with van der Waals surface area (Å²) in [6.07, 6.45) is 3.17. The minimum absolute atomic E-state index is 0.194. The van der Waals surface area contributed by atoms with Crippen LogP contribution in [0.4, 0.5) is 5.69 Å². The van der Waals surface area contributed by atoms with Crippen LogP contribution < -0.4 is 14.8 Å². The van der Waals surface area contributed by atoms with E-state index in [0.717, 1.165) is 11.1 Å². The van der Waals surface area contributed by atoms with E-state index in [1.54, 1.807) is 25.3 Å². The molecule has 2 aromatic rings. The fraction of sp³-hybridized carbons (Fsp3) is 0.211. The van der Waals surface area contributed by atoms with Crippen molar-refractivity contribution in [2.24, 2.45) is 0 Å². The molecule has 0 bridgehead atoms. The van der Waals surface area contributed by atoms with Crippen molar-refractivity contribution in [2.45, 2.75) is 6.92 Å². The number of rotatable bonds is 7. The molecule has 0 aliphatic heterocycles. The van der Waals surface area contributed by atoms with Gasteiger partial charge in [0.15, 0.2) is 6.79 Å². The highest BCUT2D eigenvalue weighted by Gasteiger charge is 2.08. The summed E-state index contributed by atoms with van der Waals surface area (Å²) in [5.74, 6) is 0.946. The van der Waals surface area contributed by atoms with Gasteiger partial charge < -0.3 is 19.5 Å². The third-order valence-corrected chi connectivity index (χ3v) is 3.80. The van der Waals surface area contributed by atoms with Crippen molar-refractivity contribution in [3.05, 3.63) is 58.6 Å². The van der Waals surface area contributed by atoms with Crippen LogP contribution in [0, 0.1) is 6.92 Å². The molecule has 25 heavy (non-hydrogen) atoms. The average Bonchev–Trinajstić information content (AvgIpc) is 2.62. The van der Waals surface area contributed by atoms with E-state index in [9.17, 15) is 4.79 Å². The lowest BCUT2D eigenvalue weighted by Gasteiger charge is -2.11. The third kappa shape index (κ3) is 5.52. The second-order valence-corrected chi connectivity index (χ2v) is 5.65. The lowest BCUT2D eigenvalue weighted by atomic mass is 10.2. The standard InChI is InChI=1S/C19H20ClNO4/c1-13-10-17(18(24-3)11-16(13)20)21-19(22)9-6-14-4-7-15(8-5-14)25-12-23-2/h4-11H,12H2,1-3H3,(H,21,22)/b9-6+. The van der Waals surface area contributed by atoms with Gasteiger partial charge in [0.2, 0.25) is 5.91 Å². The lowest BCUT2D eigenvalue weighted by Crippen LogP contribution is -2.09. The van der Waals surface area contributed by atoms with Crippen molar-refractivity contribution in [1.82, 2.24) is 0 Å². The fourth-order valence-electron chi connectivity index (χ4n) is 2.08. The van der Waals surface area contributed by atoms with E-state index in [2.05, 4.69) is 5.32 Å². The van der Waals surface area contributed by atoms with Crippen molar-refractivity contribution in [3.8, 4) is 11.5 Å². The Kier molecular flexibility index (Phi) is 6.86. The molecule has 0 aromatic heterocycles. The Labute approximate surface area is 152 Å². The second kappa shape index (κ2) is 9.11. The number of ether oxygens (including phenoxy) is 3. The molecule has 0 spiro atoms. The zero-order chi connectivity index (χ0) is 18.2. The molecule has 6 heteroatoms. The summed E-state index contributed by atoms with van der Waals surface area (Å²) in [4.78, 5) is 12.1. The van der Waals surface area contributed by atoms with Gasteiger partial charge in [-0.05, 0) is 42.3 Å². The highest BCUT2D eigenvalue weighted by molar-refractivity contribution is 6.31. The van der Waals surface area contributed by atoms with Crippen LogP contribution in [-0.4, -0.2) is 26.9 Å². The number of aryl methyl sites for hydroxylation is 1. The normalized spacial score (nSPS) is 10.7. The van der Waals surface area contributed by atoms with Crippen LogP contribution in [0.25, 0.3) is 6.08 Å². The summed E-state index contributed by atoms with van der Waals surface area (Å²) in [5.41, 5.74) is 2.30. The Morgan fingerprint density at radius 2 is 1.92 bits per heavy atom. The molecule has 0 saturated heterocycles. The van der Waals surface area contributed by atoms with E-state index < -0.39 is 0 Å². The first kappa shape index (κ1) is 18.8. The number of benzene rings is 2. The van der Waals surface area contributed by atoms with Crippen molar-refractivity contribution in [1.29, 1.82) is 0 Å². The van der Waals surface area contributed by atoms with E-state index >= 15 is 0 Å². The molecule has 2 rings (SSSR count). The van der Waals surface area contributed by atoms with E-state index in [1.165, 1.54) is 13.2 Å². The number of hydrogen-bond acceptors (Lipinski definition) is 4. The number of methoxy groups -OCH3 is 2. The first-order chi connectivity index (χ1) is 12.0. The highest BCUT2D eigenvalue weighted by Crippen LogP contribution is 2.30. The molecule has 5 nitrogen and oxygen atoms in total. The first-order valence-corrected chi connectivity index (χ1v) is 7.96. The maximum atomic E-state index is 12.1. The molecule has 0 aliphatic carbocycles.